The second-order valence-corrected chi connectivity index (χ2v) is 5.52. The second kappa shape index (κ2) is 8.18. The fraction of sp³-hybridized carbons (Fsp3) is 0.150. The Morgan fingerprint density at radius 2 is 1.70 bits per heavy atom. The minimum atomic E-state index is -0.459. The highest BCUT2D eigenvalue weighted by Gasteiger charge is 2.14. The molecule has 2 aromatic carbocycles. The molecule has 0 radical (unpaired) electrons. The predicted molar refractivity (Wildman–Crippen MR) is 102 cm³/mol. The number of methoxy groups -OCH3 is 3. The third kappa shape index (κ3) is 3.98. The van der Waals surface area contributed by atoms with Crippen molar-refractivity contribution in [3.8, 4) is 22.8 Å². The monoisotopic (exact) mass is 365 g/mol. The molecule has 3 rings (SSSR count). The number of rotatable bonds is 6. The van der Waals surface area contributed by atoms with Crippen molar-refractivity contribution in [2.24, 2.45) is 0 Å². The van der Waals surface area contributed by atoms with Crippen molar-refractivity contribution >= 4 is 17.5 Å². The lowest BCUT2D eigenvalue weighted by atomic mass is 10.1. The molecule has 7 nitrogen and oxygen atoms in total. The van der Waals surface area contributed by atoms with Crippen LogP contribution in [-0.2, 0) is 4.74 Å². The van der Waals surface area contributed by atoms with Gasteiger partial charge in [-0.3, -0.25) is 0 Å². The number of carbonyl (C=O) groups is 1. The van der Waals surface area contributed by atoms with Crippen LogP contribution in [0.1, 0.15) is 10.4 Å². The van der Waals surface area contributed by atoms with Crippen molar-refractivity contribution < 1.29 is 19.0 Å². The highest BCUT2D eigenvalue weighted by Crippen LogP contribution is 2.30. The topological polar surface area (TPSA) is 82.6 Å². The van der Waals surface area contributed by atoms with Crippen molar-refractivity contribution in [2.45, 2.75) is 0 Å². The van der Waals surface area contributed by atoms with Crippen LogP contribution in [0.4, 0.5) is 11.5 Å². The zero-order chi connectivity index (χ0) is 19.2. The van der Waals surface area contributed by atoms with Gasteiger partial charge in [-0.25, -0.2) is 14.8 Å². The first kappa shape index (κ1) is 18.2. The number of esters is 1. The first-order valence-electron chi connectivity index (χ1n) is 8.15. The fourth-order valence-electron chi connectivity index (χ4n) is 2.62. The molecule has 138 valence electrons. The van der Waals surface area contributed by atoms with Crippen molar-refractivity contribution in [1.29, 1.82) is 0 Å². The molecular formula is C20H19N3O4. The van der Waals surface area contributed by atoms with E-state index >= 15 is 0 Å². The molecule has 1 N–H and O–H groups in total. The molecule has 0 aliphatic carbocycles. The lowest BCUT2D eigenvalue weighted by Crippen LogP contribution is -2.05. The molecule has 3 aromatic rings. The minimum Gasteiger partial charge on any atom is -0.496 e. The van der Waals surface area contributed by atoms with Gasteiger partial charge in [-0.1, -0.05) is 12.1 Å². The van der Waals surface area contributed by atoms with Crippen molar-refractivity contribution in [3.63, 3.8) is 0 Å². The minimum absolute atomic E-state index is 0.350. The summed E-state index contributed by atoms with van der Waals surface area (Å²) >= 11 is 0. The Morgan fingerprint density at radius 3 is 2.44 bits per heavy atom. The van der Waals surface area contributed by atoms with E-state index in [0.717, 1.165) is 17.0 Å². The summed E-state index contributed by atoms with van der Waals surface area (Å²) in [4.78, 5) is 20.3. The molecule has 0 amide bonds. The van der Waals surface area contributed by atoms with E-state index in [4.69, 9.17) is 14.2 Å². The van der Waals surface area contributed by atoms with Crippen LogP contribution in [-0.4, -0.2) is 37.3 Å². The molecule has 1 aromatic heterocycles. The van der Waals surface area contributed by atoms with Gasteiger partial charge in [-0.15, -0.1) is 0 Å². The standard InChI is InChI=1S/C20H19N3O4/c1-25-17-7-5-4-6-14(17)16-11-19(22-12-21-16)23-13-8-9-15(20(24)27-3)18(10-13)26-2/h4-12H,1-3H3,(H,21,22,23). The quantitative estimate of drug-likeness (QED) is 0.667. The van der Waals surface area contributed by atoms with Crippen LogP contribution in [0.5, 0.6) is 11.5 Å². The van der Waals surface area contributed by atoms with Gasteiger partial charge in [-0.2, -0.15) is 0 Å². The summed E-state index contributed by atoms with van der Waals surface area (Å²) in [5.41, 5.74) is 2.65. The Morgan fingerprint density at radius 1 is 0.926 bits per heavy atom. The molecule has 0 bridgehead atoms. The Hall–Kier alpha value is -3.61. The van der Waals surface area contributed by atoms with Gasteiger partial charge in [0.25, 0.3) is 0 Å². The van der Waals surface area contributed by atoms with E-state index < -0.39 is 5.97 Å². The molecule has 0 atom stereocenters. The summed E-state index contributed by atoms with van der Waals surface area (Å²) in [6.45, 7) is 0. The number of hydrogen-bond donors (Lipinski definition) is 1. The number of carbonyl (C=O) groups excluding carboxylic acids is 1. The zero-order valence-electron chi connectivity index (χ0n) is 15.2. The molecule has 0 fully saturated rings. The molecule has 0 unspecified atom stereocenters. The number of aromatic nitrogens is 2. The number of anilines is 2. The van der Waals surface area contributed by atoms with Crippen molar-refractivity contribution in [1.82, 2.24) is 9.97 Å². The Labute approximate surface area is 156 Å². The van der Waals surface area contributed by atoms with E-state index in [-0.39, 0.29) is 0 Å². The number of nitrogens with zero attached hydrogens (tertiary/aromatic N) is 2. The van der Waals surface area contributed by atoms with Crippen molar-refractivity contribution in [2.75, 3.05) is 26.6 Å². The van der Waals surface area contributed by atoms with Crippen LogP contribution in [0.25, 0.3) is 11.3 Å². The van der Waals surface area contributed by atoms with E-state index in [2.05, 4.69) is 15.3 Å². The third-order valence-corrected chi connectivity index (χ3v) is 3.93. The van der Waals surface area contributed by atoms with Gasteiger partial charge in [0.1, 0.15) is 29.2 Å². The van der Waals surface area contributed by atoms with Crippen LogP contribution >= 0.6 is 0 Å². The average Bonchev–Trinajstić information content (AvgIpc) is 2.73. The molecule has 27 heavy (non-hydrogen) atoms. The fourth-order valence-corrected chi connectivity index (χ4v) is 2.62. The number of ether oxygens (including phenoxy) is 3. The van der Waals surface area contributed by atoms with Gasteiger partial charge in [0.05, 0.1) is 27.0 Å². The molecular weight excluding hydrogens is 346 g/mol. The first-order valence-corrected chi connectivity index (χ1v) is 8.15. The SMILES string of the molecule is COC(=O)c1ccc(Nc2cc(-c3ccccc3OC)ncn2)cc1OC. The smallest absolute Gasteiger partial charge is 0.341 e. The highest BCUT2D eigenvalue weighted by molar-refractivity contribution is 5.93. The number of para-hydroxylation sites is 1. The Kier molecular flexibility index (Phi) is 5.51. The molecule has 0 spiro atoms. The van der Waals surface area contributed by atoms with Crippen LogP contribution < -0.4 is 14.8 Å². The van der Waals surface area contributed by atoms with Crippen LogP contribution in [0, 0.1) is 0 Å². The van der Waals surface area contributed by atoms with Gasteiger partial charge in [0.2, 0.25) is 0 Å². The Balaban J connectivity index is 1.90. The molecule has 0 aliphatic rings. The maximum atomic E-state index is 11.8. The third-order valence-electron chi connectivity index (χ3n) is 3.93. The van der Waals surface area contributed by atoms with Gasteiger partial charge >= 0.3 is 5.97 Å². The number of nitrogens with one attached hydrogen (secondary N) is 1. The number of benzene rings is 2. The van der Waals surface area contributed by atoms with Crippen LogP contribution in [0.3, 0.4) is 0 Å². The van der Waals surface area contributed by atoms with Crippen molar-refractivity contribution in [3.05, 3.63) is 60.4 Å². The van der Waals surface area contributed by atoms with Gasteiger partial charge in [0.15, 0.2) is 0 Å². The number of hydrogen-bond acceptors (Lipinski definition) is 7. The second-order valence-electron chi connectivity index (χ2n) is 5.52. The molecule has 1 heterocycles. The Bertz CT molecular complexity index is 959. The van der Waals surface area contributed by atoms with Crippen LogP contribution in [0.15, 0.2) is 54.9 Å². The van der Waals surface area contributed by atoms with Crippen LogP contribution in [0.2, 0.25) is 0 Å². The van der Waals surface area contributed by atoms with E-state index in [1.807, 2.05) is 30.3 Å². The average molecular weight is 365 g/mol. The van der Waals surface area contributed by atoms with E-state index in [1.54, 1.807) is 25.3 Å². The lowest BCUT2D eigenvalue weighted by molar-refractivity contribution is 0.0597. The first-order chi connectivity index (χ1) is 13.2. The summed E-state index contributed by atoms with van der Waals surface area (Å²) in [5, 5.41) is 3.19. The summed E-state index contributed by atoms with van der Waals surface area (Å²) < 4.78 is 15.4. The summed E-state index contributed by atoms with van der Waals surface area (Å²) in [5.74, 6) is 1.27. The van der Waals surface area contributed by atoms with E-state index in [1.165, 1.54) is 20.5 Å². The maximum Gasteiger partial charge on any atom is 0.341 e. The van der Waals surface area contributed by atoms with Gasteiger partial charge in [0, 0.05) is 23.4 Å². The zero-order valence-corrected chi connectivity index (χ0v) is 15.2. The molecule has 0 saturated carbocycles. The predicted octanol–water partition coefficient (Wildman–Crippen LogP) is 3.69. The summed E-state index contributed by atoms with van der Waals surface area (Å²) in [6, 6.07) is 14.5. The van der Waals surface area contributed by atoms with E-state index in [9.17, 15) is 4.79 Å². The molecule has 7 heteroatoms. The van der Waals surface area contributed by atoms with Gasteiger partial charge in [-0.05, 0) is 24.3 Å². The van der Waals surface area contributed by atoms with Gasteiger partial charge < -0.3 is 19.5 Å². The van der Waals surface area contributed by atoms with E-state index in [0.29, 0.717) is 22.8 Å². The summed E-state index contributed by atoms with van der Waals surface area (Å²) in [7, 11) is 4.44. The largest absolute Gasteiger partial charge is 0.496 e. The lowest BCUT2D eigenvalue weighted by Gasteiger charge is -2.12. The maximum absolute atomic E-state index is 11.8. The molecule has 0 aliphatic heterocycles. The summed E-state index contributed by atoms with van der Waals surface area (Å²) in [6.07, 6.45) is 1.48. The highest BCUT2D eigenvalue weighted by atomic mass is 16.5. The molecule has 0 saturated heterocycles. The normalized spacial score (nSPS) is 10.2.